The van der Waals surface area contributed by atoms with Crippen LogP contribution in [0, 0.1) is 5.92 Å². The summed E-state index contributed by atoms with van der Waals surface area (Å²) < 4.78 is 32.7. The Morgan fingerprint density at radius 3 is 2.68 bits per heavy atom. The Bertz CT molecular complexity index is 569. The van der Waals surface area contributed by atoms with Crippen LogP contribution in [0.3, 0.4) is 0 Å². The third-order valence-corrected chi connectivity index (χ3v) is 5.67. The van der Waals surface area contributed by atoms with Gasteiger partial charge in [0.1, 0.15) is 5.75 Å². The number of rotatable bonds is 7. The monoisotopic (exact) mass is 326 g/mol. The van der Waals surface area contributed by atoms with Crippen LogP contribution in [0.1, 0.15) is 37.7 Å². The van der Waals surface area contributed by atoms with Gasteiger partial charge >= 0.3 is 0 Å². The van der Waals surface area contributed by atoms with Crippen LogP contribution in [0.2, 0.25) is 0 Å². The summed E-state index contributed by atoms with van der Waals surface area (Å²) in [6.07, 6.45) is 5.69. The molecule has 22 heavy (non-hydrogen) atoms. The number of hydrogen-bond acceptors (Lipinski definition) is 4. The topological polar surface area (TPSA) is 81.4 Å². The van der Waals surface area contributed by atoms with Crippen molar-refractivity contribution in [3.63, 3.8) is 0 Å². The van der Waals surface area contributed by atoms with Crippen LogP contribution in [-0.4, -0.2) is 28.1 Å². The zero-order chi connectivity index (χ0) is 16.0. The molecule has 3 N–H and O–H groups in total. The first kappa shape index (κ1) is 17.2. The summed E-state index contributed by atoms with van der Waals surface area (Å²) in [5, 5.41) is 0. The molecular weight excluding hydrogens is 300 g/mol. The highest BCUT2D eigenvalue weighted by molar-refractivity contribution is 7.88. The summed E-state index contributed by atoms with van der Waals surface area (Å²) in [6, 6.07) is 6.98. The summed E-state index contributed by atoms with van der Waals surface area (Å²) in [6.45, 7) is 0.349. The molecule has 1 aliphatic rings. The lowest BCUT2D eigenvalue weighted by atomic mass is 9.84. The van der Waals surface area contributed by atoms with Crippen LogP contribution < -0.4 is 15.2 Å². The maximum absolute atomic E-state index is 12.4. The Hall–Kier alpha value is -1.11. The van der Waals surface area contributed by atoms with Gasteiger partial charge in [-0.3, -0.25) is 0 Å². The maximum atomic E-state index is 12.4. The third-order valence-electron chi connectivity index (χ3n) is 4.29. The van der Waals surface area contributed by atoms with Gasteiger partial charge in [0, 0.05) is 12.6 Å². The fraction of sp³-hybridized carbons (Fsp3) is 0.625. The van der Waals surface area contributed by atoms with Crippen molar-refractivity contribution < 1.29 is 13.2 Å². The van der Waals surface area contributed by atoms with E-state index >= 15 is 0 Å². The predicted octanol–water partition coefficient (Wildman–Crippen LogP) is 2.02. The van der Waals surface area contributed by atoms with Crippen molar-refractivity contribution in [2.45, 2.75) is 43.9 Å². The van der Waals surface area contributed by atoms with E-state index in [9.17, 15) is 8.42 Å². The number of nitrogens with one attached hydrogen (secondary N) is 1. The molecule has 1 fully saturated rings. The van der Waals surface area contributed by atoms with Crippen LogP contribution in [0.4, 0.5) is 0 Å². The second-order valence-electron chi connectivity index (χ2n) is 5.97. The average molecular weight is 326 g/mol. The van der Waals surface area contributed by atoms with Crippen LogP contribution in [0.25, 0.3) is 0 Å². The molecule has 2 rings (SSSR count). The van der Waals surface area contributed by atoms with Gasteiger partial charge in [-0.2, -0.15) is 0 Å². The largest absolute Gasteiger partial charge is 0.497 e. The molecule has 0 heterocycles. The average Bonchev–Trinajstić information content (AvgIpc) is 2.53. The van der Waals surface area contributed by atoms with Gasteiger partial charge < -0.3 is 10.5 Å². The van der Waals surface area contributed by atoms with Crippen LogP contribution in [0.15, 0.2) is 24.3 Å². The molecule has 1 aliphatic carbocycles. The number of hydrogen-bond donors (Lipinski definition) is 2. The fourth-order valence-corrected chi connectivity index (χ4v) is 4.58. The number of nitrogens with two attached hydrogens (primary N) is 1. The minimum atomic E-state index is -3.41. The quantitative estimate of drug-likeness (QED) is 0.803. The number of ether oxygens (including phenoxy) is 1. The lowest BCUT2D eigenvalue weighted by Crippen LogP contribution is -2.46. The Labute approximate surface area is 133 Å². The molecule has 0 bridgehead atoms. The highest BCUT2D eigenvalue weighted by Crippen LogP contribution is 2.26. The first-order chi connectivity index (χ1) is 10.5. The Balaban J connectivity index is 2.02. The summed E-state index contributed by atoms with van der Waals surface area (Å²) >= 11 is 0. The Morgan fingerprint density at radius 2 is 2.05 bits per heavy atom. The van der Waals surface area contributed by atoms with Gasteiger partial charge in [0.15, 0.2) is 0 Å². The molecule has 1 saturated carbocycles. The number of sulfonamides is 1. The zero-order valence-electron chi connectivity index (χ0n) is 13.1. The molecule has 124 valence electrons. The summed E-state index contributed by atoms with van der Waals surface area (Å²) in [5.74, 6) is 0.974. The summed E-state index contributed by atoms with van der Waals surface area (Å²) in [7, 11) is -1.84. The van der Waals surface area contributed by atoms with Gasteiger partial charge in [-0.25, -0.2) is 13.1 Å². The van der Waals surface area contributed by atoms with Gasteiger partial charge in [-0.15, -0.1) is 0 Å². The van der Waals surface area contributed by atoms with E-state index in [2.05, 4.69) is 4.72 Å². The van der Waals surface area contributed by atoms with Crippen molar-refractivity contribution >= 4 is 10.0 Å². The number of benzene rings is 1. The fourth-order valence-electron chi connectivity index (χ4n) is 3.13. The lowest BCUT2D eigenvalue weighted by Gasteiger charge is -2.29. The SMILES string of the molecule is COc1cccc(CS(=O)(=O)NC(CN)C2CCCCC2)c1. The molecule has 1 aromatic rings. The van der Waals surface area contributed by atoms with Gasteiger partial charge in [-0.05, 0) is 36.5 Å². The second-order valence-corrected chi connectivity index (χ2v) is 7.72. The predicted molar refractivity (Wildman–Crippen MR) is 88.2 cm³/mol. The second kappa shape index (κ2) is 7.94. The molecule has 6 heteroatoms. The zero-order valence-corrected chi connectivity index (χ0v) is 13.9. The van der Waals surface area contributed by atoms with Gasteiger partial charge in [0.25, 0.3) is 0 Å². The van der Waals surface area contributed by atoms with E-state index < -0.39 is 10.0 Å². The number of methoxy groups -OCH3 is 1. The Kier molecular flexibility index (Phi) is 6.23. The minimum Gasteiger partial charge on any atom is -0.497 e. The molecule has 0 aromatic heterocycles. The van der Waals surface area contributed by atoms with Crippen molar-refractivity contribution in [2.75, 3.05) is 13.7 Å². The van der Waals surface area contributed by atoms with Crippen molar-refractivity contribution in [1.82, 2.24) is 4.72 Å². The van der Waals surface area contributed by atoms with E-state index in [1.165, 1.54) is 19.3 Å². The molecular formula is C16H26N2O3S. The highest BCUT2D eigenvalue weighted by atomic mass is 32.2. The normalized spacial score (nSPS) is 18.1. The van der Waals surface area contributed by atoms with Crippen molar-refractivity contribution in [3.05, 3.63) is 29.8 Å². The van der Waals surface area contributed by atoms with Crippen molar-refractivity contribution in [1.29, 1.82) is 0 Å². The molecule has 1 unspecified atom stereocenters. The van der Waals surface area contributed by atoms with E-state index in [0.29, 0.717) is 23.8 Å². The minimum absolute atomic E-state index is 0.0482. The molecule has 0 spiro atoms. The smallest absolute Gasteiger partial charge is 0.216 e. The van der Waals surface area contributed by atoms with Crippen LogP contribution in [-0.2, 0) is 15.8 Å². The van der Waals surface area contributed by atoms with E-state index in [0.717, 1.165) is 12.8 Å². The van der Waals surface area contributed by atoms with E-state index in [-0.39, 0.29) is 11.8 Å². The molecule has 0 saturated heterocycles. The van der Waals surface area contributed by atoms with E-state index in [1.54, 1.807) is 31.4 Å². The van der Waals surface area contributed by atoms with Gasteiger partial charge in [-0.1, -0.05) is 31.4 Å². The van der Waals surface area contributed by atoms with Crippen LogP contribution >= 0.6 is 0 Å². The highest BCUT2D eigenvalue weighted by Gasteiger charge is 2.26. The van der Waals surface area contributed by atoms with E-state index in [4.69, 9.17) is 10.5 Å². The van der Waals surface area contributed by atoms with Crippen LogP contribution in [0.5, 0.6) is 5.75 Å². The maximum Gasteiger partial charge on any atom is 0.216 e. The molecule has 5 nitrogen and oxygen atoms in total. The first-order valence-electron chi connectivity index (χ1n) is 7.87. The summed E-state index contributed by atoms with van der Waals surface area (Å²) in [5.41, 5.74) is 6.52. The van der Waals surface area contributed by atoms with E-state index in [1.807, 2.05) is 0 Å². The molecule has 0 aliphatic heterocycles. The third kappa shape index (κ3) is 4.97. The van der Waals surface area contributed by atoms with Gasteiger partial charge in [0.2, 0.25) is 10.0 Å². The summed E-state index contributed by atoms with van der Waals surface area (Å²) in [4.78, 5) is 0. The Morgan fingerprint density at radius 1 is 1.32 bits per heavy atom. The van der Waals surface area contributed by atoms with Gasteiger partial charge in [0.05, 0.1) is 12.9 Å². The molecule has 0 radical (unpaired) electrons. The first-order valence-corrected chi connectivity index (χ1v) is 9.52. The van der Waals surface area contributed by atoms with Crippen molar-refractivity contribution in [2.24, 2.45) is 11.7 Å². The molecule has 1 atom stereocenters. The molecule has 0 amide bonds. The lowest BCUT2D eigenvalue weighted by molar-refractivity contribution is 0.294. The van der Waals surface area contributed by atoms with Crippen molar-refractivity contribution in [3.8, 4) is 5.75 Å². The molecule has 1 aromatic carbocycles. The standard InChI is InChI=1S/C16H26N2O3S/c1-21-15-9-5-6-13(10-15)12-22(19,20)18-16(11-17)14-7-3-2-4-8-14/h5-6,9-10,14,16,18H,2-4,7-8,11-12,17H2,1H3.